The van der Waals surface area contributed by atoms with Gasteiger partial charge in [0.1, 0.15) is 17.7 Å². The van der Waals surface area contributed by atoms with E-state index in [-0.39, 0.29) is 5.82 Å². The van der Waals surface area contributed by atoms with Crippen molar-refractivity contribution in [3.8, 4) is 0 Å². The molecule has 6 nitrogen and oxygen atoms in total. The van der Waals surface area contributed by atoms with Crippen LogP contribution in [0.2, 0.25) is 0 Å². The highest BCUT2D eigenvalue weighted by Crippen LogP contribution is 2.28. The SMILES string of the molecule is CC(C)(C)OC(=O)N1CCCN1c1ncnc2ccc(F)cc12. The molecule has 2 heterocycles. The van der Waals surface area contributed by atoms with Crippen LogP contribution in [0.15, 0.2) is 24.5 Å². The van der Waals surface area contributed by atoms with Crippen molar-refractivity contribution < 1.29 is 13.9 Å². The van der Waals surface area contributed by atoms with Crippen molar-refractivity contribution >= 4 is 22.8 Å². The number of anilines is 1. The van der Waals surface area contributed by atoms with E-state index >= 15 is 0 Å². The summed E-state index contributed by atoms with van der Waals surface area (Å²) in [7, 11) is 0. The molecule has 0 aliphatic carbocycles. The number of ether oxygens (including phenoxy) is 1. The van der Waals surface area contributed by atoms with Gasteiger partial charge in [-0.25, -0.2) is 24.2 Å². The zero-order valence-corrected chi connectivity index (χ0v) is 13.4. The van der Waals surface area contributed by atoms with Crippen molar-refractivity contribution in [3.05, 3.63) is 30.3 Å². The topological polar surface area (TPSA) is 58.6 Å². The molecular weight excluding hydrogens is 299 g/mol. The predicted molar refractivity (Wildman–Crippen MR) is 84.4 cm³/mol. The first kappa shape index (κ1) is 15.5. The Balaban J connectivity index is 1.97. The van der Waals surface area contributed by atoms with Crippen molar-refractivity contribution in [1.82, 2.24) is 15.0 Å². The monoisotopic (exact) mass is 318 g/mol. The maximum absolute atomic E-state index is 13.6. The van der Waals surface area contributed by atoms with Crippen LogP contribution in [-0.4, -0.2) is 39.8 Å². The summed E-state index contributed by atoms with van der Waals surface area (Å²) in [6.07, 6.45) is 1.78. The molecule has 23 heavy (non-hydrogen) atoms. The van der Waals surface area contributed by atoms with Crippen molar-refractivity contribution in [1.29, 1.82) is 0 Å². The molecule has 1 aromatic heterocycles. The Labute approximate surface area is 133 Å². The molecule has 0 N–H and O–H groups in total. The maximum Gasteiger partial charge on any atom is 0.429 e. The largest absolute Gasteiger partial charge is 0.442 e. The molecule has 0 radical (unpaired) electrons. The van der Waals surface area contributed by atoms with E-state index in [1.54, 1.807) is 11.1 Å². The maximum atomic E-state index is 13.6. The van der Waals surface area contributed by atoms with Gasteiger partial charge in [0.15, 0.2) is 5.82 Å². The van der Waals surface area contributed by atoms with Crippen molar-refractivity contribution in [2.45, 2.75) is 32.8 Å². The van der Waals surface area contributed by atoms with Gasteiger partial charge in [-0.1, -0.05) is 0 Å². The molecule has 7 heteroatoms. The van der Waals surface area contributed by atoms with Gasteiger partial charge in [-0.3, -0.25) is 5.01 Å². The molecule has 0 bridgehead atoms. The molecule has 2 aromatic rings. The van der Waals surface area contributed by atoms with E-state index in [1.165, 1.54) is 23.5 Å². The van der Waals surface area contributed by atoms with Gasteiger partial charge in [-0.2, -0.15) is 0 Å². The average molecular weight is 318 g/mol. The number of hydrazine groups is 1. The third-order valence-corrected chi connectivity index (χ3v) is 3.46. The lowest BCUT2D eigenvalue weighted by atomic mass is 10.2. The Morgan fingerprint density at radius 2 is 2.04 bits per heavy atom. The Kier molecular flexibility index (Phi) is 3.79. The lowest BCUT2D eigenvalue weighted by molar-refractivity contribution is 0.0273. The molecule has 0 spiro atoms. The van der Waals surface area contributed by atoms with E-state index in [2.05, 4.69) is 9.97 Å². The molecule has 1 aliphatic heterocycles. The summed E-state index contributed by atoms with van der Waals surface area (Å²) in [6.45, 7) is 6.61. The lowest BCUT2D eigenvalue weighted by Crippen LogP contribution is -2.44. The second-order valence-electron chi connectivity index (χ2n) is 6.44. The number of fused-ring (bicyclic) bond motifs is 1. The number of hydrogen-bond acceptors (Lipinski definition) is 5. The van der Waals surface area contributed by atoms with Crippen LogP contribution in [-0.2, 0) is 4.74 Å². The van der Waals surface area contributed by atoms with Crippen LogP contribution in [0.5, 0.6) is 0 Å². The van der Waals surface area contributed by atoms with Crippen LogP contribution in [0.3, 0.4) is 0 Å². The van der Waals surface area contributed by atoms with Gasteiger partial charge in [-0.05, 0) is 45.4 Å². The normalized spacial score (nSPS) is 15.3. The number of nitrogens with zero attached hydrogens (tertiary/aromatic N) is 4. The van der Waals surface area contributed by atoms with E-state index in [0.29, 0.717) is 29.8 Å². The van der Waals surface area contributed by atoms with Crippen molar-refractivity contribution in [2.75, 3.05) is 18.1 Å². The molecule has 1 saturated heterocycles. The summed E-state index contributed by atoms with van der Waals surface area (Å²) < 4.78 is 19.0. The van der Waals surface area contributed by atoms with Gasteiger partial charge in [0.05, 0.1) is 5.52 Å². The van der Waals surface area contributed by atoms with E-state index in [9.17, 15) is 9.18 Å². The minimum atomic E-state index is -0.578. The minimum absolute atomic E-state index is 0.364. The fourth-order valence-electron chi connectivity index (χ4n) is 2.56. The van der Waals surface area contributed by atoms with Crippen LogP contribution in [0.25, 0.3) is 10.9 Å². The van der Waals surface area contributed by atoms with E-state index in [4.69, 9.17) is 4.74 Å². The number of carbonyl (C=O) groups excluding carboxylic acids is 1. The Morgan fingerprint density at radius 3 is 2.78 bits per heavy atom. The van der Waals surface area contributed by atoms with Crippen LogP contribution in [0.1, 0.15) is 27.2 Å². The third kappa shape index (κ3) is 3.18. The third-order valence-electron chi connectivity index (χ3n) is 3.46. The summed E-state index contributed by atoms with van der Waals surface area (Å²) in [5.74, 6) is 0.148. The second-order valence-corrected chi connectivity index (χ2v) is 6.44. The first-order valence-corrected chi connectivity index (χ1v) is 7.53. The molecule has 1 fully saturated rings. The number of aromatic nitrogens is 2. The predicted octanol–water partition coefficient (Wildman–Crippen LogP) is 3.13. The number of amides is 1. The first-order valence-electron chi connectivity index (χ1n) is 7.53. The fourth-order valence-corrected chi connectivity index (χ4v) is 2.56. The molecule has 0 unspecified atom stereocenters. The zero-order chi connectivity index (χ0) is 16.6. The highest BCUT2D eigenvalue weighted by molar-refractivity contribution is 5.90. The standard InChI is InChI=1S/C16H19FN4O2/c1-16(2,3)23-15(22)21-8-4-7-20(21)14-12-9-11(17)5-6-13(12)18-10-19-14/h5-6,9-10H,4,7-8H2,1-3H3. The summed E-state index contributed by atoms with van der Waals surface area (Å²) >= 11 is 0. The Hall–Kier alpha value is -2.44. The van der Waals surface area contributed by atoms with E-state index in [1.807, 2.05) is 20.8 Å². The Morgan fingerprint density at radius 1 is 1.26 bits per heavy atom. The number of carbonyl (C=O) groups is 1. The van der Waals surface area contributed by atoms with E-state index in [0.717, 1.165) is 6.42 Å². The van der Waals surface area contributed by atoms with Gasteiger partial charge >= 0.3 is 6.09 Å². The smallest absolute Gasteiger partial charge is 0.429 e. The van der Waals surface area contributed by atoms with Gasteiger partial charge in [-0.15, -0.1) is 0 Å². The van der Waals surface area contributed by atoms with Gasteiger partial charge in [0.25, 0.3) is 0 Å². The van der Waals surface area contributed by atoms with Crippen molar-refractivity contribution in [2.24, 2.45) is 0 Å². The molecule has 1 aromatic carbocycles. The van der Waals surface area contributed by atoms with Crippen LogP contribution < -0.4 is 5.01 Å². The lowest BCUT2D eigenvalue weighted by Gasteiger charge is -2.31. The van der Waals surface area contributed by atoms with E-state index < -0.39 is 11.7 Å². The van der Waals surface area contributed by atoms with Crippen LogP contribution in [0, 0.1) is 5.82 Å². The first-order chi connectivity index (χ1) is 10.8. The van der Waals surface area contributed by atoms with Gasteiger partial charge in [0.2, 0.25) is 0 Å². The number of rotatable bonds is 1. The number of hydrogen-bond donors (Lipinski definition) is 0. The minimum Gasteiger partial charge on any atom is -0.442 e. The van der Waals surface area contributed by atoms with Gasteiger partial charge < -0.3 is 4.74 Å². The molecule has 1 aliphatic rings. The Bertz CT molecular complexity index is 744. The highest BCUT2D eigenvalue weighted by Gasteiger charge is 2.32. The molecule has 3 rings (SSSR count). The molecule has 0 saturated carbocycles. The summed E-state index contributed by atoms with van der Waals surface area (Å²) in [5.41, 5.74) is 0.0537. The number of halogens is 1. The summed E-state index contributed by atoms with van der Waals surface area (Å²) in [4.78, 5) is 20.8. The van der Waals surface area contributed by atoms with Gasteiger partial charge in [0, 0.05) is 18.5 Å². The quantitative estimate of drug-likeness (QED) is 0.808. The molecule has 0 atom stereocenters. The zero-order valence-electron chi connectivity index (χ0n) is 13.4. The number of benzene rings is 1. The van der Waals surface area contributed by atoms with Crippen molar-refractivity contribution in [3.63, 3.8) is 0 Å². The fraction of sp³-hybridized carbons (Fsp3) is 0.438. The summed E-state index contributed by atoms with van der Waals surface area (Å²) in [6, 6.07) is 4.34. The van der Waals surface area contributed by atoms with Crippen LogP contribution >= 0.6 is 0 Å². The second kappa shape index (κ2) is 5.64. The highest BCUT2D eigenvalue weighted by atomic mass is 19.1. The average Bonchev–Trinajstić information content (AvgIpc) is 2.94. The molecular formula is C16H19FN4O2. The van der Waals surface area contributed by atoms with Crippen LogP contribution in [0.4, 0.5) is 15.0 Å². The molecule has 1 amide bonds. The molecule has 122 valence electrons. The summed E-state index contributed by atoms with van der Waals surface area (Å²) in [5, 5.41) is 3.82.